The summed E-state index contributed by atoms with van der Waals surface area (Å²) in [5.41, 5.74) is -1.17. The van der Waals surface area contributed by atoms with Gasteiger partial charge in [-0.05, 0) is 30.5 Å². The second kappa shape index (κ2) is 5.27. The number of hydrogen-bond acceptors (Lipinski definition) is 2. The van der Waals surface area contributed by atoms with Crippen molar-refractivity contribution in [3.05, 3.63) is 29.3 Å². The van der Waals surface area contributed by atoms with Crippen LogP contribution in [-0.4, -0.2) is 8.42 Å². The lowest BCUT2D eigenvalue weighted by Crippen LogP contribution is -2.18. The van der Waals surface area contributed by atoms with Crippen molar-refractivity contribution >= 4 is 10.0 Å². The van der Waals surface area contributed by atoms with Crippen LogP contribution in [0, 0.1) is 0 Å². The number of sulfonamides is 1. The molecule has 0 aliphatic rings. The Morgan fingerprint density at radius 3 is 2.33 bits per heavy atom. The highest BCUT2D eigenvalue weighted by molar-refractivity contribution is 7.89. The van der Waals surface area contributed by atoms with Crippen LogP contribution in [0.15, 0.2) is 23.1 Å². The van der Waals surface area contributed by atoms with Gasteiger partial charge in [-0.2, -0.15) is 13.2 Å². The predicted octanol–water partition coefficient (Wildman–Crippen LogP) is 2.70. The minimum atomic E-state index is -4.58. The van der Waals surface area contributed by atoms with E-state index in [1.807, 2.05) is 6.92 Å². The van der Waals surface area contributed by atoms with Gasteiger partial charge in [-0.15, -0.1) is 0 Å². The third-order valence-corrected chi connectivity index (χ3v) is 3.52. The van der Waals surface area contributed by atoms with Crippen molar-refractivity contribution in [3.8, 4) is 0 Å². The second-order valence-electron chi connectivity index (χ2n) is 3.93. The third kappa shape index (κ3) is 3.46. The van der Waals surface area contributed by atoms with Crippen LogP contribution in [0.25, 0.3) is 0 Å². The number of alkyl halides is 3. The van der Waals surface area contributed by atoms with Crippen LogP contribution < -0.4 is 5.14 Å². The van der Waals surface area contributed by atoms with E-state index in [4.69, 9.17) is 5.14 Å². The first-order valence-electron chi connectivity index (χ1n) is 5.39. The molecule has 0 fully saturated rings. The zero-order valence-corrected chi connectivity index (χ0v) is 10.6. The standard InChI is InChI=1S/C11H14F3NO2S/c1-2-3-5-8-9(11(12,13)14)6-4-7-10(8)18(15,16)17/h4,6-7H,2-3,5H2,1H3,(H2,15,16,17). The Bertz CT molecular complexity index is 524. The maximum atomic E-state index is 12.8. The van der Waals surface area contributed by atoms with Crippen LogP contribution in [-0.2, 0) is 22.6 Å². The van der Waals surface area contributed by atoms with Crippen molar-refractivity contribution in [3.63, 3.8) is 0 Å². The molecule has 102 valence electrons. The number of unbranched alkanes of at least 4 members (excludes halogenated alkanes) is 1. The molecule has 0 atom stereocenters. The summed E-state index contributed by atoms with van der Waals surface area (Å²) in [6.07, 6.45) is -3.41. The molecule has 1 aromatic carbocycles. The number of nitrogens with two attached hydrogens (primary N) is 1. The highest BCUT2D eigenvalue weighted by Crippen LogP contribution is 2.35. The van der Waals surface area contributed by atoms with Crippen molar-refractivity contribution < 1.29 is 21.6 Å². The van der Waals surface area contributed by atoms with Gasteiger partial charge in [0, 0.05) is 0 Å². The van der Waals surface area contributed by atoms with Crippen molar-refractivity contribution in [2.75, 3.05) is 0 Å². The van der Waals surface area contributed by atoms with Gasteiger partial charge < -0.3 is 0 Å². The molecular formula is C11H14F3NO2S. The Hall–Kier alpha value is -1.08. The van der Waals surface area contributed by atoms with Gasteiger partial charge in [0.1, 0.15) is 0 Å². The second-order valence-corrected chi connectivity index (χ2v) is 5.46. The SMILES string of the molecule is CCCCc1c(C(F)(F)F)cccc1S(N)(=O)=O. The lowest BCUT2D eigenvalue weighted by Gasteiger charge is -2.15. The van der Waals surface area contributed by atoms with Gasteiger partial charge in [-0.3, -0.25) is 0 Å². The van der Waals surface area contributed by atoms with E-state index in [2.05, 4.69) is 0 Å². The third-order valence-electron chi connectivity index (χ3n) is 2.53. The van der Waals surface area contributed by atoms with Crippen LogP contribution in [0.3, 0.4) is 0 Å². The fraction of sp³-hybridized carbons (Fsp3) is 0.455. The summed E-state index contributed by atoms with van der Waals surface area (Å²) in [6, 6.07) is 3.03. The summed E-state index contributed by atoms with van der Waals surface area (Å²) in [5, 5.41) is 4.95. The Balaban J connectivity index is 3.45. The minimum Gasteiger partial charge on any atom is -0.225 e. The van der Waals surface area contributed by atoms with E-state index in [1.54, 1.807) is 0 Å². The zero-order chi connectivity index (χ0) is 14.0. The summed E-state index contributed by atoms with van der Waals surface area (Å²) >= 11 is 0. The molecule has 18 heavy (non-hydrogen) atoms. The average molecular weight is 281 g/mol. The molecule has 7 heteroatoms. The smallest absolute Gasteiger partial charge is 0.225 e. The molecule has 0 aliphatic carbocycles. The average Bonchev–Trinajstić information content (AvgIpc) is 2.23. The van der Waals surface area contributed by atoms with E-state index < -0.39 is 26.7 Å². The summed E-state index contributed by atoms with van der Waals surface area (Å²) in [6.45, 7) is 1.81. The minimum absolute atomic E-state index is 0.0396. The van der Waals surface area contributed by atoms with E-state index in [0.29, 0.717) is 12.8 Å². The Kier molecular flexibility index (Phi) is 4.39. The molecule has 0 aliphatic heterocycles. The van der Waals surface area contributed by atoms with Gasteiger partial charge >= 0.3 is 6.18 Å². The van der Waals surface area contributed by atoms with Gasteiger partial charge in [0.05, 0.1) is 10.5 Å². The fourth-order valence-corrected chi connectivity index (χ4v) is 2.53. The Morgan fingerprint density at radius 1 is 1.28 bits per heavy atom. The molecule has 0 aromatic heterocycles. The molecule has 0 bridgehead atoms. The first-order chi connectivity index (χ1) is 8.18. The zero-order valence-electron chi connectivity index (χ0n) is 9.79. The molecule has 0 spiro atoms. The topological polar surface area (TPSA) is 60.2 Å². The molecule has 0 heterocycles. The fourth-order valence-electron chi connectivity index (χ4n) is 1.71. The van der Waals surface area contributed by atoms with Crippen LogP contribution in [0.4, 0.5) is 13.2 Å². The highest BCUT2D eigenvalue weighted by atomic mass is 32.2. The normalized spacial score (nSPS) is 12.7. The quantitative estimate of drug-likeness (QED) is 0.922. The molecule has 3 nitrogen and oxygen atoms in total. The molecule has 0 saturated heterocycles. The van der Waals surface area contributed by atoms with E-state index in [-0.39, 0.29) is 12.0 Å². The van der Waals surface area contributed by atoms with Crippen LogP contribution in [0.1, 0.15) is 30.9 Å². The lowest BCUT2D eigenvalue weighted by atomic mass is 10.0. The molecule has 0 amide bonds. The van der Waals surface area contributed by atoms with E-state index in [9.17, 15) is 21.6 Å². The van der Waals surface area contributed by atoms with Crippen LogP contribution in [0.5, 0.6) is 0 Å². The molecule has 0 radical (unpaired) electrons. The number of rotatable bonds is 4. The summed E-state index contributed by atoms with van der Waals surface area (Å²) in [4.78, 5) is -0.439. The first kappa shape index (κ1) is 15.0. The van der Waals surface area contributed by atoms with E-state index in [1.165, 1.54) is 0 Å². The van der Waals surface area contributed by atoms with Crippen LogP contribution >= 0.6 is 0 Å². The van der Waals surface area contributed by atoms with E-state index >= 15 is 0 Å². The number of primary sulfonamides is 1. The monoisotopic (exact) mass is 281 g/mol. The molecular weight excluding hydrogens is 267 g/mol. The number of halogens is 3. The maximum absolute atomic E-state index is 12.8. The van der Waals surface area contributed by atoms with E-state index in [0.717, 1.165) is 18.2 Å². The largest absolute Gasteiger partial charge is 0.416 e. The summed E-state index contributed by atoms with van der Waals surface area (Å²) in [7, 11) is -4.15. The predicted molar refractivity (Wildman–Crippen MR) is 61.4 cm³/mol. The summed E-state index contributed by atoms with van der Waals surface area (Å²) in [5.74, 6) is 0. The summed E-state index contributed by atoms with van der Waals surface area (Å²) < 4.78 is 61.0. The molecule has 0 saturated carbocycles. The molecule has 0 unspecified atom stereocenters. The lowest BCUT2D eigenvalue weighted by molar-refractivity contribution is -0.138. The number of benzene rings is 1. The van der Waals surface area contributed by atoms with Crippen molar-refractivity contribution in [2.45, 2.75) is 37.3 Å². The van der Waals surface area contributed by atoms with Gasteiger partial charge in [0.15, 0.2) is 0 Å². The molecule has 1 rings (SSSR count). The van der Waals surface area contributed by atoms with Crippen molar-refractivity contribution in [2.24, 2.45) is 5.14 Å². The maximum Gasteiger partial charge on any atom is 0.416 e. The van der Waals surface area contributed by atoms with Gasteiger partial charge in [-0.1, -0.05) is 19.4 Å². The Labute approximate surface area is 104 Å². The molecule has 1 aromatic rings. The molecule has 2 N–H and O–H groups in total. The van der Waals surface area contributed by atoms with Gasteiger partial charge in [-0.25, -0.2) is 13.6 Å². The number of hydrogen-bond donors (Lipinski definition) is 1. The van der Waals surface area contributed by atoms with Crippen molar-refractivity contribution in [1.82, 2.24) is 0 Å². The van der Waals surface area contributed by atoms with Gasteiger partial charge in [0.25, 0.3) is 0 Å². The highest BCUT2D eigenvalue weighted by Gasteiger charge is 2.35. The first-order valence-corrected chi connectivity index (χ1v) is 6.94. The van der Waals surface area contributed by atoms with Crippen LogP contribution in [0.2, 0.25) is 0 Å². The van der Waals surface area contributed by atoms with Gasteiger partial charge in [0.2, 0.25) is 10.0 Å². The van der Waals surface area contributed by atoms with Crippen molar-refractivity contribution in [1.29, 1.82) is 0 Å². The Morgan fingerprint density at radius 2 is 1.89 bits per heavy atom.